The molecule has 0 heterocycles. The molecule has 2 heteroatoms. The van der Waals surface area contributed by atoms with Gasteiger partial charge in [-0.05, 0) is 18.1 Å². The van der Waals surface area contributed by atoms with Gasteiger partial charge in [-0.2, -0.15) is 0 Å². The summed E-state index contributed by atoms with van der Waals surface area (Å²) in [4.78, 5) is 0. The van der Waals surface area contributed by atoms with E-state index in [1.807, 2.05) is 60.7 Å². The Labute approximate surface area is 112 Å². The fourth-order valence-electron chi connectivity index (χ4n) is 1.67. The van der Waals surface area contributed by atoms with Crippen LogP contribution in [-0.2, 0) is 5.67 Å². The van der Waals surface area contributed by atoms with Crippen LogP contribution in [0.15, 0.2) is 60.7 Å². The molecule has 0 fully saturated rings. The quantitative estimate of drug-likeness (QED) is 0.746. The number of hydrogen-bond donors (Lipinski definition) is 0. The van der Waals surface area contributed by atoms with Gasteiger partial charge in [-0.1, -0.05) is 60.7 Å². The molecule has 0 amide bonds. The molecule has 0 atom stereocenters. The molecule has 2 aromatic rings. The molecule has 0 saturated heterocycles. The molecule has 0 aromatic heterocycles. The third-order valence-electron chi connectivity index (χ3n) is 2.63. The van der Waals surface area contributed by atoms with Crippen LogP contribution in [0.2, 0.25) is 0 Å². The molecule has 0 unspecified atom stereocenters. The third kappa shape index (κ3) is 2.64. The van der Waals surface area contributed by atoms with Gasteiger partial charge < -0.3 is 0 Å². The summed E-state index contributed by atoms with van der Waals surface area (Å²) in [5, 5.41) is 0. The van der Waals surface area contributed by atoms with E-state index in [0.29, 0.717) is 11.1 Å². The summed E-state index contributed by atoms with van der Waals surface area (Å²) in [5.41, 5.74) is -0.0323. The zero-order chi connectivity index (χ0) is 10.7. The van der Waals surface area contributed by atoms with Crippen molar-refractivity contribution < 1.29 is 4.39 Å². The van der Waals surface area contributed by atoms with E-state index < -0.39 is 5.67 Å². The van der Waals surface area contributed by atoms with Crippen molar-refractivity contribution >= 4 is 23.9 Å². The van der Waals surface area contributed by atoms with Crippen molar-refractivity contribution in [2.45, 2.75) is 12.6 Å². The van der Waals surface area contributed by atoms with E-state index in [4.69, 9.17) is 0 Å². The standard InChI is InChI=1S/C14H13F.Sn.2H/c1-14(15,12-8-4-2-5-9-12)13-10-6-3-7-11-13;;;/h2-11H,1H3;;;. The molecule has 2 radical (unpaired) electrons. The topological polar surface area (TPSA) is 0 Å². The number of rotatable bonds is 2. The summed E-state index contributed by atoms with van der Waals surface area (Å²) in [6.45, 7) is 1.59. The Morgan fingerprint density at radius 2 is 1.06 bits per heavy atom. The first-order chi connectivity index (χ1) is 7.21. The predicted octanol–water partition coefficient (Wildman–Crippen LogP) is 3.00. The molecule has 2 rings (SSSR count). The first-order valence-electron chi connectivity index (χ1n) is 5.01. The van der Waals surface area contributed by atoms with Crippen molar-refractivity contribution in [2.75, 3.05) is 0 Å². The second kappa shape index (κ2) is 5.48. The zero-order valence-electron chi connectivity index (χ0n) is 9.36. The Kier molecular flexibility index (Phi) is 4.54. The molecular weight excluding hydrogens is 306 g/mol. The van der Waals surface area contributed by atoms with Crippen LogP contribution in [0.25, 0.3) is 0 Å². The second-order valence-corrected chi connectivity index (χ2v) is 3.74. The summed E-state index contributed by atoms with van der Waals surface area (Å²) in [6, 6.07) is 18.5. The van der Waals surface area contributed by atoms with E-state index in [1.165, 1.54) is 0 Å². The number of benzene rings is 2. The third-order valence-corrected chi connectivity index (χ3v) is 2.63. The van der Waals surface area contributed by atoms with E-state index in [2.05, 4.69) is 0 Å². The van der Waals surface area contributed by atoms with Crippen molar-refractivity contribution in [3.05, 3.63) is 71.8 Å². The number of hydrogen-bond acceptors (Lipinski definition) is 0. The summed E-state index contributed by atoms with van der Waals surface area (Å²) in [6.07, 6.45) is 0. The van der Waals surface area contributed by atoms with Crippen molar-refractivity contribution in [2.24, 2.45) is 0 Å². The zero-order valence-corrected chi connectivity index (χ0v) is 13.4. The van der Waals surface area contributed by atoms with Crippen molar-refractivity contribution in [3.63, 3.8) is 0 Å². The summed E-state index contributed by atoms with van der Waals surface area (Å²) >= 11 is 0. The van der Waals surface area contributed by atoms with Crippen molar-refractivity contribution in [1.82, 2.24) is 0 Å². The maximum absolute atomic E-state index is 14.6. The fraction of sp³-hybridized carbons (Fsp3) is 0.143. The maximum atomic E-state index is 14.6. The average molecular weight is 321 g/mol. The van der Waals surface area contributed by atoms with E-state index in [0.717, 1.165) is 0 Å². The number of halogens is 1. The van der Waals surface area contributed by atoms with Gasteiger partial charge in [-0.3, -0.25) is 0 Å². The fourth-order valence-corrected chi connectivity index (χ4v) is 1.67. The van der Waals surface area contributed by atoms with Crippen molar-refractivity contribution in [3.8, 4) is 0 Å². The Morgan fingerprint density at radius 1 is 0.750 bits per heavy atom. The van der Waals surface area contributed by atoms with Gasteiger partial charge in [0.2, 0.25) is 0 Å². The Bertz CT molecular complexity index is 382. The minimum absolute atomic E-state index is 0. The normalized spacial score (nSPS) is 10.6. The molecule has 0 nitrogen and oxygen atoms in total. The van der Waals surface area contributed by atoms with Gasteiger partial charge in [0.1, 0.15) is 0 Å². The van der Waals surface area contributed by atoms with Crippen LogP contribution in [0.3, 0.4) is 0 Å². The molecule has 0 aliphatic rings. The van der Waals surface area contributed by atoms with Gasteiger partial charge in [-0.25, -0.2) is 4.39 Å². The molecule has 82 valence electrons. The van der Waals surface area contributed by atoms with E-state index in [9.17, 15) is 4.39 Å². The molecule has 0 aliphatic heterocycles. The SMILES string of the molecule is CC(F)(c1ccccc1)c1ccccc1.[SnH2]. The Morgan fingerprint density at radius 3 is 1.38 bits per heavy atom. The molecule has 0 N–H and O–H groups in total. The van der Waals surface area contributed by atoms with Crippen LogP contribution in [0, 0.1) is 0 Å². The first-order valence-corrected chi connectivity index (χ1v) is 5.01. The van der Waals surface area contributed by atoms with E-state index >= 15 is 0 Å². The van der Waals surface area contributed by atoms with E-state index in [1.54, 1.807) is 6.92 Å². The molecule has 16 heavy (non-hydrogen) atoms. The molecule has 0 saturated carbocycles. The van der Waals surface area contributed by atoms with Crippen LogP contribution >= 0.6 is 0 Å². The van der Waals surface area contributed by atoms with E-state index in [-0.39, 0.29) is 23.9 Å². The van der Waals surface area contributed by atoms with Crippen molar-refractivity contribution in [1.29, 1.82) is 0 Å². The molecule has 0 bridgehead atoms. The monoisotopic (exact) mass is 322 g/mol. The molecule has 0 spiro atoms. The van der Waals surface area contributed by atoms with Crippen LogP contribution < -0.4 is 0 Å². The van der Waals surface area contributed by atoms with Gasteiger partial charge in [0, 0.05) is 0 Å². The number of alkyl halides is 1. The van der Waals surface area contributed by atoms with Crippen LogP contribution in [0.5, 0.6) is 0 Å². The van der Waals surface area contributed by atoms with Gasteiger partial charge in [0.25, 0.3) is 0 Å². The molecule has 0 aliphatic carbocycles. The average Bonchev–Trinajstić information content (AvgIpc) is 2.31. The van der Waals surface area contributed by atoms with Gasteiger partial charge in [-0.15, -0.1) is 0 Å². The minimum atomic E-state index is -1.41. The van der Waals surface area contributed by atoms with Gasteiger partial charge in [0.15, 0.2) is 5.67 Å². The predicted molar refractivity (Wildman–Crippen MR) is 69.0 cm³/mol. The first kappa shape index (κ1) is 13.2. The summed E-state index contributed by atoms with van der Waals surface area (Å²) in [5.74, 6) is 0. The van der Waals surface area contributed by atoms with Crippen LogP contribution in [-0.4, -0.2) is 23.9 Å². The molecule has 2 aromatic carbocycles. The second-order valence-electron chi connectivity index (χ2n) is 3.74. The van der Waals surface area contributed by atoms with Crippen LogP contribution in [0.1, 0.15) is 18.1 Å². The molecular formula is C14H15FSn. The van der Waals surface area contributed by atoms with Gasteiger partial charge in [0.05, 0.1) is 0 Å². The summed E-state index contributed by atoms with van der Waals surface area (Å²) in [7, 11) is 0. The van der Waals surface area contributed by atoms with Gasteiger partial charge >= 0.3 is 23.9 Å². The Hall–Kier alpha value is -0.831. The summed E-state index contributed by atoms with van der Waals surface area (Å²) < 4.78 is 14.6. The Balaban J connectivity index is 0.00000128. The van der Waals surface area contributed by atoms with Crippen LogP contribution in [0.4, 0.5) is 4.39 Å².